The predicted octanol–water partition coefficient (Wildman–Crippen LogP) is 3.58. The van der Waals surface area contributed by atoms with E-state index in [1.807, 2.05) is 44.2 Å². The van der Waals surface area contributed by atoms with E-state index >= 15 is 0 Å². The summed E-state index contributed by atoms with van der Waals surface area (Å²) < 4.78 is 28.7. The number of hydrogen-bond acceptors (Lipinski definition) is 4. The van der Waals surface area contributed by atoms with E-state index < -0.39 is 9.84 Å². The number of nitrogens with one attached hydrogen (secondary N) is 1. The van der Waals surface area contributed by atoms with Gasteiger partial charge in [-0.3, -0.25) is 0 Å². The van der Waals surface area contributed by atoms with E-state index in [1.54, 1.807) is 12.1 Å². The molecule has 0 aliphatic rings. The molecule has 0 bridgehead atoms. The summed E-state index contributed by atoms with van der Waals surface area (Å²) in [5.41, 5.74) is 3.19. The Labute approximate surface area is 132 Å². The number of methoxy groups -OCH3 is 1. The number of ether oxygens (including phenoxy) is 1. The van der Waals surface area contributed by atoms with Crippen LogP contribution in [0.15, 0.2) is 47.4 Å². The van der Waals surface area contributed by atoms with Crippen LogP contribution in [0.4, 0.5) is 5.69 Å². The van der Waals surface area contributed by atoms with Gasteiger partial charge in [0.2, 0.25) is 0 Å². The van der Waals surface area contributed by atoms with Crippen molar-refractivity contribution in [3.05, 3.63) is 53.6 Å². The molecule has 0 fully saturated rings. The van der Waals surface area contributed by atoms with Crippen molar-refractivity contribution in [3.8, 4) is 5.75 Å². The van der Waals surface area contributed by atoms with Crippen molar-refractivity contribution in [1.29, 1.82) is 0 Å². The summed E-state index contributed by atoms with van der Waals surface area (Å²) in [5.74, 6) is 0.373. The summed E-state index contributed by atoms with van der Waals surface area (Å²) in [4.78, 5) is 0.210. The lowest BCUT2D eigenvalue weighted by atomic mass is 10.1. The van der Waals surface area contributed by atoms with E-state index in [2.05, 4.69) is 5.32 Å². The maximum Gasteiger partial charge on any atom is 0.179 e. The minimum atomic E-state index is -3.30. The van der Waals surface area contributed by atoms with Crippen LogP contribution in [0.25, 0.3) is 0 Å². The molecule has 0 aliphatic carbocycles. The third-order valence-corrected chi connectivity index (χ3v) is 4.66. The average molecular weight is 319 g/mol. The van der Waals surface area contributed by atoms with Gasteiger partial charge in [0.25, 0.3) is 0 Å². The van der Waals surface area contributed by atoms with Gasteiger partial charge in [0.1, 0.15) is 10.6 Å². The van der Waals surface area contributed by atoms with Gasteiger partial charge in [-0.25, -0.2) is 8.42 Å². The number of sulfone groups is 1. The van der Waals surface area contributed by atoms with Crippen molar-refractivity contribution in [2.75, 3.05) is 18.7 Å². The number of rotatable bonds is 5. The molecule has 4 nitrogen and oxygen atoms in total. The fourth-order valence-electron chi connectivity index (χ4n) is 2.24. The van der Waals surface area contributed by atoms with Gasteiger partial charge in [-0.15, -0.1) is 0 Å². The topological polar surface area (TPSA) is 55.4 Å². The van der Waals surface area contributed by atoms with Crippen LogP contribution >= 0.6 is 0 Å². The molecule has 22 heavy (non-hydrogen) atoms. The maximum absolute atomic E-state index is 11.7. The Kier molecular flexibility index (Phi) is 4.76. The normalized spacial score (nSPS) is 12.7. The summed E-state index contributed by atoms with van der Waals surface area (Å²) >= 11 is 0. The first-order valence-electron chi connectivity index (χ1n) is 7.02. The molecule has 1 atom stereocenters. The molecular formula is C17H21NO3S. The molecule has 2 rings (SSSR count). The first-order chi connectivity index (χ1) is 10.3. The maximum atomic E-state index is 11.7. The van der Waals surface area contributed by atoms with Crippen LogP contribution in [0.5, 0.6) is 5.75 Å². The highest BCUT2D eigenvalue weighted by molar-refractivity contribution is 7.90. The Morgan fingerprint density at radius 1 is 1.09 bits per heavy atom. The van der Waals surface area contributed by atoms with Gasteiger partial charge in [0, 0.05) is 18.0 Å². The van der Waals surface area contributed by atoms with E-state index in [1.165, 1.54) is 18.9 Å². The van der Waals surface area contributed by atoms with Gasteiger partial charge < -0.3 is 10.1 Å². The fraction of sp³-hybridized carbons (Fsp3) is 0.294. The van der Waals surface area contributed by atoms with Gasteiger partial charge >= 0.3 is 0 Å². The van der Waals surface area contributed by atoms with Gasteiger partial charge in [0.15, 0.2) is 9.84 Å². The predicted molar refractivity (Wildman–Crippen MR) is 89.3 cm³/mol. The molecule has 5 heteroatoms. The van der Waals surface area contributed by atoms with Crippen molar-refractivity contribution in [1.82, 2.24) is 0 Å². The standard InChI is InChI=1S/C17H21NO3S/c1-12-5-8-15(9-6-12)18-13(2)14-7-10-17(22(4,19)20)16(11-14)21-3/h5-11,13,18H,1-4H3. The molecule has 0 aliphatic heterocycles. The zero-order chi connectivity index (χ0) is 16.3. The van der Waals surface area contributed by atoms with Crippen molar-refractivity contribution >= 4 is 15.5 Å². The largest absolute Gasteiger partial charge is 0.495 e. The zero-order valence-corrected chi connectivity index (χ0v) is 14.1. The Hall–Kier alpha value is -2.01. The summed E-state index contributed by atoms with van der Waals surface area (Å²) in [6.45, 7) is 4.07. The highest BCUT2D eigenvalue weighted by Gasteiger charge is 2.16. The Morgan fingerprint density at radius 3 is 2.27 bits per heavy atom. The Bertz CT molecular complexity index is 752. The summed E-state index contributed by atoms with van der Waals surface area (Å²) in [6.07, 6.45) is 1.18. The van der Waals surface area contributed by atoms with Crippen LogP contribution in [-0.4, -0.2) is 21.8 Å². The molecule has 118 valence electrons. The lowest BCUT2D eigenvalue weighted by Gasteiger charge is -2.17. The summed E-state index contributed by atoms with van der Waals surface area (Å²) in [7, 11) is -1.82. The second-order valence-corrected chi connectivity index (χ2v) is 7.40. The van der Waals surface area contributed by atoms with Gasteiger partial charge in [0.05, 0.1) is 7.11 Å². The minimum absolute atomic E-state index is 0.0326. The van der Waals surface area contributed by atoms with Crippen LogP contribution in [0.1, 0.15) is 24.1 Å². The summed E-state index contributed by atoms with van der Waals surface area (Å²) in [5, 5.41) is 3.39. The Balaban J connectivity index is 2.26. The van der Waals surface area contributed by atoms with Gasteiger partial charge in [-0.1, -0.05) is 23.8 Å². The molecule has 0 spiro atoms. The highest BCUT2D eigenvalue weighted by atomic mass is 32.2. The highest BCUT2D eigenvalue weighted by Crippen LogP contribution is 2.29. The van der Waals surface area contributed by atoms with Gasteiger partial charge in [-0.05, 0) is 43.7 Å². The summed E-state index contributed by atoms with van der Waals surface area (Å²) in [6, 6.07) is 13.3. The molecule has 0 radical (unpaired) electrons. The van der Waals surface area contributed by atoms with E-state index in [0.717, 1.165) is 11.3 Å². The van der Waals surface area contributed by atoms with Gasteiger partial charge in [-0.2, -0.15) is 0 Å². The quantitative estimate of drug-likeness (QED) is 0.915. The monoisotopic (exact) mass is 319 g/mol. The first kappa shape index (κ1) is 16.4. The Morgan fingerprint density at radius 2 is 1.73 bits per heavy atom. The molecule has 0 saturated heterocycles. The zero-order valence-electron chi connectivity index (χ0n) is 13.3. The molecule has 0 amide bonds. The molecular weight excluding hydrogens is 298 g/mol. The van der Waals surface area contributed by atoms with E-state index in [9.17, 15) is 8.42 Å². The SMILES string of the molecule is COc1cc(C(C)Nc2ccc(C)cc2)ccc1S(C)(=O)=O. The molecule has 1 unspecified atom stereocenters. The van der Waals surface area contributed by atoms with E-state index in [0.29, 0.717) is 5.75 Å². The minimum Gasteiger partial charge on any atom is -0.495 e. The molecule has 0 heterocycles. The van der Waals surface area contributed by atoms with Crippen molar-refractivity contribution in [2.24, 2.45) is 0 Å². The smallest absolute Gasteiger partial charge is 0.179 e. The number of benzene rings is 2. The lowest BCUT2D eigenvalue weighted by Crippen LogP contribution is -2.08. The van der Waals surface area contributed by atoms with Crippen LogP contribution in [0.2, 0.25) is 0 Å². The third kappa shape index (κ3) is 3.80. The third-order valence-electron chi connectivity index (χ3n) is 3.52. The lowest BCUT2D eigenvalue weighted by molar-refractivity contribution is 0.402. The van der Waals surface area contributed by atoms with Crippen molar-refractivity contribution < 1.29 is 13.2 Å². The average Bonchev–Trinajstić information content (AvgIpc) is 2.48. The van der Waals surface area contributed by atoms with E-state index in [4.69, 9.17) is 4.74 Å². The second-order valence-electron chi connectivity index (χ2n) is 5.41. The van der Waals surface area contributed by atoms with Crippen molar-refractivity contribution in [2.45, 2.75) is 24.8 Å². The van der Waals surface area contributed by atoms with Crippen LogP contribution in [0.3, 0.4) is 0 Å². The molecule has 2 aromatic rings. The number of aryl methyl sites for hydroxylation is 1. The molecule has 0 saturated carbocycles. The second kappa shape index (κ2) is 6.40. The van der Waals surface area contributed by atoms with Crippen molar-refractivity contribution in [3.63, 3.8) is 0 Å². The van der Waals surface area contributed by atoms with Crippen LogP contribution < -0.4 is 10.1 Å². The van der Waals surface area contributed by atoms with Crippen LogP contribution in [-0.2, 0) is 9.84 Å². The first-order valence-corrected chi connectivity index (χ1v) is 8.91. The van der Waals surface area contributed by atoms with E-state index in [-0.39, 0.29) is 10.9 Å². The fourth-order valence-corrected chi connectivity index (χ4v) is 3.07. The van der Waals surface area contributed by atoms with Crippen LogP contribution in [0, 0.1) is 6.92 Å². The molecule has 1 N–H and O–H groups in total. The number of anilines is 1. The molecule has 0 aromatic heterocycles. The number of hydrogen-bond donors (Lipinski definition) is 1. The molecule has 2 aromatic carbocycles.